The lowest BCUT2D eigenvalue weighted by molar-refractivity contribution is 0.0294. The van der Waals surface area contributed by atoms with Crippen molar-refractivity contribution < 1.29 is 14.6 Å². The summed E-state index contributed by atoms with van der Waals surface area (Å²) in [6.45, 7) is 4.48. The Kier molecular flexibility index (Phi) is 6.93. The lowest BCUT2D eigenvalue weighted by Gasteiger charge is -2.43. The first-order valence-electron chi connectivity index (χ1n) is 8.63. The Balaban J connectivity index is 2.03. The second-order valence-electron chi connectivity index (χ2n) is 6.93. The predicted molar refractivity (Wildman–Crippen MR) is 101 cm³/mol. The highest BCUT2D eigenvalue weighted by Crippen LogP contribution is 2.31. The summed E-state index contributed by atoms with van der Waals surface area (Å²) < 4.78 is 5.40. The summed E-state index contributed by atoms with van der Waals surface area (Å²) in [7, 11) is 3.97. The molecule has 7 heteroatoms. The Morgan fingerprint density at radius 3 is 2.84 bits per heavy atom. The van der Waals surface area contributed by atoms with Crippen LogP contribution >= 0.6 is 11.6 Å². The van der Waals surface area contributed by atoms with Crippen molar-refractivity contribution in [1.82, 2.24) is 9.80 Å². The van der Waals surface area contributed by atoms with Crippen LogP contribution in [0, 0.1) is 5.41 Å². The fourth-order valence-electron chi connectivity index (χ4n) is 3.41. The van der Waals surface area contributed by atoms with Crippen LogP contribution in [0.5, 0.6) is 5.75 Å². The second kappa shape index (κ2) is 8.74. The largest absolute Gasteiger partial charge is 0.492 e. The van der Waals surface area contributed by atoms with Crippen LogP contribution in [-0.4, -0.2) is 67.9 Å². The molecule has 0 bridgehead atoms. The number of amides is 2. The standard InChI is InChI=1S/C18H28ClN3O3/c1-4-25-16-7-6-14(10-15(16)19)20-17(24)22-9-5-8-18(12-22,13-23)11-21(2)3/h6-7,10,23H,4-5,8-9,11-13H2,1-3H3,(H,20,24)/t18-/m1/s1. The van der Waals surface area contributed by atoms with E-state index >= 15 is 0 Å². The van der Waals surface area contributed by atoms with Gasteiger partial charge >= 0.3 is 6.03 Å². The number of benzene rings is 1. The van der Waals surface area contributed by atoms with E-state index in [1.807, 2.05) is 21.0 Å². The fraction of sp³-hybridized carbons (Fsp3) is 0.611. The zero-order valence-corrected chi connectivity index (χ0v) is 16.0. The summed E-state index contributed by atoms with van der Waals surface area (Å²) in [5.41, 5.74) is 0.362. The summed E-state index contributed by atoms with van der Waals surface area (Å²) in [4.78, 5) is 16.5. The molecule has 140 valence electrons. The molecule has 0 aliphatic carbocycles. The van der Waals surface area contributed by atoms with Crippen LogP contribution in [0.2, 0.25) is 5.02 Å². The van der Waals surface area contributed by atoms with E-state index in [9.17, 15) is 9.90 Å². The number of rotatable bonds is 6. The lowest BCUT2D eigenvalue weighted by atomic mass is 9.80. The molecule has 2 rings (SSSR count). The fourth-order valence-corrected chi connectivity index (χ4v) is 3.65. The average molecular weight is 370 g/mol. The third-order valence-corrected chi connectivity index (χ3v) is 4.71. The molecule has 1 saturated heterocycles. The van der Waals surface area contributed by atoms with Crippen LogP contribution in [0.3, 0.4) is 0 Å². The van der Waals surface area contributed by atoms with E-state index in [1.165, 1.54) is 0 Å². The van der Waals surface area contributed by atoms with Crippen molar-refractivity contribution in [3.63, 3.8) is 0 Å². The average Bonchev–Trinajstić information content (AvgIpc) is 2.57. The van der Waals surface area contributed by atoms with Crippen molar-refractivity contribution in [2.45, 2.75) is 19.8 Å². The van der Waals surface area contributed by atoms with Gasteiger partial charge in [0.1, 0.15) is 5.75 Å². The number of ether oxygens (including phenoxy) is 1. The molecule has 1 aliphatic rings. The van der Waals surface area contributed by atoms with Gasteiger partial charge in [0.2, 0.25) is 0 Å². The quantitative estimate of drug-likeness (QED) is 0.809. The molecule has 6 nitrogen and oxygen atoms in total. The van der Waals surface area contributed by atoms with Gasteiger partial charge in [-0.15, -0.1) is 0 Å². The maximum atomic E-state index is 12.6. The SMILES string of the molecule is CCOc1ccc(NC(=O)N2CCC[C@@](CO)(CN(C)C)C2)cc1Cl. The molecule has 1 heterocycles. The zero-order chi connectivity index (χ0) is 18.4. The minimum absolute atomic E-state index is 0.0733. The molecule has 2 amide bonds. The minimum Gasteiger partial charge on any atom is -0.492 e. The predicted octanol–water partition coefficient (Wildman–Crippen LogP) is 2.91. The van der Waals surface area contributed by atoms with E-state index in [0.29, 0.717) is 36.2 Å². The third-order valence-electron chi connectivity index (χ3n) is 4.42. The highest BCUT2D eigenvalue weighted by Gasteiger charge is 2.37. The number of piperidine rings is 1. The smallest absolute Gasteiger partial charge is 0.321 e. The van der Waals surface area contributed by atoms with E-state index in [2.05, 4.69) is 10.2 Å². The van der Waals surface area contributed by atoms with Gasteiger partial charge in [-0.1, -0.05) is 11.6 Å². The first kappa shape index (κ1) is 19.8. The number of hydrogen-bond acceptors (Lipinski definition) is 4. The van der Waals surface area contributed by atoms with E-state index in [-0.39, 0.29) is 18.1 Å². The Morgan fingerprint density at radius 2 is 2.24 bits per heavy atom. The minimum atomic E-state index is -0.268. The number of anilines is 1. The van der Waals surface area contributed by atoms with Gasteiger partial charge in [-0.05, 0) is 52.1 Å². The van der Waals surface area contributed by atoms with Crippen LogP contribution in [-0.2, 0) is 0 Å². The third kappa shape index (κ3) is 5.23. The lowest BCUT2D eigenvalue weighted by Crippen LogP contribution is -2.52. The van der Waals surface area contributed by atoms with E-state index < -0.39 is 0 Å². The molecule has 1 aliphatic heterocycles. The van der Waals surface area contributed by atoms with Crippen LogP contribution in [0.4, 0.5) is 10.5 Å². The first-order valence-corrected chi connectivity index (χ1v) is 9.01. The Morgan fingerprint density at radius 1 is 1.48 bits per heavy atom. The summed E-state index contributed by atoms with van der Waals surface area (Å²) >= 11 is 6.17. The molecule has 0 radical (unpaired) electrons. The Bertz CT molecular complexity index is 597. The van der Waals surface area contributed by atoms with E-state index in [4.69, 9.17) is 16.3 Å². The van der Waals surface area contributed by atoms with Gasteiger partial charge in [0.25, 0.3) is 0 Å². The first-order chi connectivity index (χ1) is 11.9. The summed E-state index contributed by atoms with van der Waals surface area (Å²) in [5, 5.41) is 13.2. The number of nitrogens with one attached hydrogen (secondary N) is 1. The van der Waals surface area contributed by atoms with Gasteiger partial charge in [-0.2, -0.15) is 0 Å². The van der Waals surface area contributed by atoms with Crippen molar-refractivity contribution in [2.24, 2.45) is 5.41 Å². The molecule has 1 fully saturated rings. The number of urea groups is 1. The molecule has 1 aromatic carbocycles. The van der Waals surface area contributed by atoms with Crippen molar-refractivity contribution in [3.05, 3.63) is 23.2 Å². The summed E-state index contributed by atoms with van der Waals surface area (Å²) in [6, 6.07) is 5.05. The van der Waals surface area contributed by atoms with Gasteiger partial charge in [0.15, 0.2) is 0 Å². The Labute approximate surface area is 154 Å². The monoisotopic (exact) mass is 369 g/mol. The number of hydrogen-bond donors (Lipinski definition) is 2. The number of aliphatic hydroxyl groups is 1. The van der Waals surface area contributed by atoms with Gasteiger partial charge in [0.05, 0.1) is 18.2 Å². The highest BCUT2D eigenvalue weighted by atomic mass is 35.5. The summed E-state index contributed by atoms with van der Waals surface area (Å²) in [5.74, 6) is 0.602. The normalized spacial score (nSPS) is 20.6. The number of aliphatic hydroxyl groups excluding tert-OH is 1. The molecular formula is C18H28ClN3O3. The Hall–Kier alpha value is -1.50. The van der Waals surface area contributed by atoms with E-state index in [1.54, 1.807) is 23.1 Å². The molecule has 2 N–H and O–H groups in total. The highest BCUT2D eigenvalue weighted by molar-refractivity contribution is 6.32. The number of carbonyl (C=O) groups is 1. The summed E-state index contributed by atoms with van der Waals surface area (Å²) in [6.07, 6.45) is 1.80. The van der Waals surface area contributed by atoms with Gasteiger partial charge in [0, 0.05) is 30.7 Å². The van der Waals surface area contributed by atoms with Crippen molar-refractivity contribution in [3.8, 4) is 5.75 Å². The maximum Gasteiger partial charge on any atom is 0.321 e. The molecule has 25 heavy (non-hydrogen) atoms. The molecule has 1 atom stereocenters. The van der Waals surface area contributed by atoms with Crippen LogP contribution < -0.4 is 10.1 Å². The number of nitrogens with zero attached hydrogens (tertiary/aromatic N) is 2. The van der Waals surface area contributed by atoms with Crippen molar-refractivity contribution in [2.75, 3.05) is 52.3 Å². The van der Waals surface area contributed by atoms with Gasteiger partial charge in [-0.3, -0.25) is 0 Å². The second-order valence-corrected chi connectivity index (χ2v) is 7.34. The molecule has 0 saturated carbocycles. The topological polar surface area (TPSA) is 65.0 Å². The zero-order valence-electron chi connectivity index (χ0n) is 15.2. The van der Waals surface area contributed by atoms with Crippen molar-refractivity contribution in [1.29, 1.82) is 0 Å². The number of halogens is 1. The maximum absolute atomic E-state index is 12.6. The number of likely N-dealkylation sites (tertiary alicyclic amines) is 1. The van der Waals surface area contributed by atoms with Gasteiger partial charge in [-0.25, -0.2) is 4.79 Å². The van der Waals surface area contributed by atoms with E-state index in [0.717, 1.165) is 19.4 Å². The molecule has 0 spiro atoms. The van der Waals surface area contributed by atoms with Crippen LogP contribution in [0.1, 0.15) is 19.8 Å². The molecule has 0 unspecified atom stereocenters. The molecular weight excluding hydrogens is 342 g/mol. The van der Waals surface area contributed by atoms with Crippen LogP contribution in [0.15, 0.2) is 18.2 Å². The van der Waals surface area contributed by atoms with Gasteiger partial charge < -0.3 is 25.0 Å². The molecule has 1 aromatic rings. The van der Waals surface area contributed by atoms with Crippen LogP contribution in [0.25, 0.3) is 0 Å². The molecule has 0 aromatic heterocycles. The van der Waals surface area contributed by atoms with Crippen molar-refractivity contribution >= 4 is 23.3 Å². The number of carbonyl (C=O) groups excluding carboxylic acids is 1.